The van der Waals surface area contributed by atoms with Crippen LogP contribution in [0.4, 0.5) is 5.13 Å². The fraction of sp³-hybridized carbons (Fsp3) is 0.318. The SMILES string of the molecule is O=C(NCc1ccc2c(c1)OCO2)C1CCCN1c1nc(Cc2ccc(Cl)cc2)ns1. The third kappa shape index (κ3) is 4.45. The lowest BCUT2D eigenvalue weighted by atomic mass is 10.1. The maximum Gasteiger partial charge on any atom is 0.243 e. The molecule has 7 nitrogen and oxygen atoms in total. The molecule has 9 heteroatoms. The molecule has 1 atom stereocenters. The van der Waals surface area contributed by atoms with Crippen LogP contribution in [0.5, 0.6) is 11.5 Å². The zero-order valence-corrected chi connectivity index (χ0v) is 18.3. The van der Waals surface area contributed by atoms with Gasteiger partial charge in [-0.05, 0) is 48.2 Å². The van der Waals surface area contributed by atoms with E-state index in [9.17, 15) is 4.79 Å². The molecule has 160 valence electrons. The number of rotatable bonds is 6. The van der Waals surface area contributed by atoms with Crippen LogP contribution in [0.25, 0.3) is 0 Å². The summed E-state index contributed by atoms with van der Waals surface area (Å²) in [7, 11) is 0. The van der Waals surface area contributed by atoms with Gasteiger partial charge in [0.2, 0.25) is 17.8 Å². The van der Waals surface area contributed by atoms with Gasteiger partial charge in [0.1, 0.15) is 11.9 Å². The van der Waals surface area contributed by atoms with Crippen molar-refractivity contribution in [3.63, 3.8) is 0 Å². The molecule has 0 radical (unpaired) electrons. The number of hydrogen-bond acceptors (Lipinski definition) is 7. The molecule has 0 aliphatic carbocycles. The Kier molecular flexibility index (Phi) is 5.65. The molecule has 1 unspecified atom stereocenters. The molecule has 0 bridgehead atoms. The molecule has 0 saturated carbocycles. The normalized spacial score (nSPS) is 17.2. The Hall–Kier alpha value is -2.84. The predicted octanol–water partition coefficient (Wildman–Crippen LogP) is 3.80. The summed E-state index contributed by atoms with van der Waals surface area (Å²) in [6.07, 6.45) is 2.40. The van der Waals surface area contributed by atoms with E-state index in [1.165, 1.54) is 11.5 Å². The van der Waals surface area contributed by atoms with E-state index in [4.69, 9.17) is 26.1 Å². The van der Waals surface area contributed by atoms with Crippen molar-refractivity contribution in [3.05, 3.63) is 64.4 Å². The smallest absolute Gasteiger partial charge is 0.243 e. The van der Waals surface area contributed by atoms with E-state index in [2.05, 4.69) is 14.6 Å². The van der Waals surface area contributed by atoms with Crippen LogP contribution in [0.15, 0.2) is 42.5 Å². The van der Waals surface area contributed by atoms with Crippen LogP contribution >= 0.6 is 23.1 Å². The van der Waals surface area contributed by atoms with Crippen LogP contribution in [-0.4, -0.2) is 34.6 Å². The van der Waals surface area contributed by atoms with E-state index < -0.39 is 0 Å². The van der Waals surface area contributed by atoms with Crippen molar-refractivity contribution >= 4 is 34.2 Å². The van der Waals surface area contributed by atoms with Crippen LogP contribution in [0.1, 0.15) is 29.8 Å². The lowest BCUT2D eigenvalue weighted by molar-refractivity contribution is -0.122. The summed E-state index contributed by atoms with van der Waals surface area (Å²) in [5.74, 6) is 2.22. The highest BCUT2D eigenvalue weighted by atomic mass is 35.5. The van der Waals surface area contributed by atoms with Gasteiger partial charge in [0.25, 0.3) is 0 Å². The van der Waals surface area contributed by atoms with Crippen LogP contribution in [-0.2, 0) is 17.8 Å². The highest BCUT2D eigenvalue weighted by Crippen LogP contribution is 2.32. The minimum atomic E-state index is -0.231. The van der Waals surface area contributed by atoms with E-state index in [0.29, 0.717) is 18.0 Å². The first kappa shape index (κ1) is 20.1. The average molecular weight is 457 g/mol. The van der Waals surface area contributed by atoms with Crippen LogP contribution in [0.3, 0.4) is 0 Å². The van der Waals surface area contributed by atoms with Crippen LogP contribution in [0.2, 0.25) is 5.02 Å². The summed E-state index contributed by atoms with van der Waals surface area (Å²) < 4.78 is 15.2. The first-order chi connectivity index (χ1) is 15.2. The van der Waals surface area contributed by atoms with Crippen LogP contribution < -0.4 is 19.7 Å². The lowest BCUT2D eigenvalue weighted by Crippen LogP contribution is -2.43. The van der Waals surface area contributed by atoms with E-state index in [-0.39, 0.29) is 18.7 Å². The molecule has 1 aromatic heterocycles. The number of carbonyl (C=O) groups excluding carboxylic acids is 1. The summed E-state index contributed by atoms with van der Waals surface area (Å²) in [4.78, 5) is 19.7. The van der Waals surface area contributed by atoms with Crippen molar-refractivity contribution in [2.45, 2.75) is 31.8 Å². The second-order valence-corrected chi connectivity index (χ2v) is 8.72. The van der Waals surface area contributed by atoms with Crippen molar-refractivity contribution in [1.29, 1.82) is 0 Å². The molecule has 2 aromatic carbocycles. The molecule has 1 fully saturated rings. The number of hydrogen-bond donors (Lipinski definition) is 1. The maximum atomic E-state index is 12.9. The first-order valence-electron chi connectivity index (χ1n) is 10.2. The number of aromatic nitrogens is 2. The third-order valence-corrected chi connectivity index (χ3v) is 6.48. The Morgan fingerprint density at radius 1 is 1.16 bits per heavy atom. The van der Waals surface area contributed by atoms with Crippen molar-refractivity contribution in [2.24, 2.45) is 0 Å². The summed E-state index contributed by atoms with van der Waals surface area (Å²) in [5, 5.41) is 4.56. The number of ether oxygens (including phenoxy) is 2. The van der Waals surface area contributed by atoms with Crippen LogP contribution in [0, 0.1) is 0 Å². The van der Waals surface area contributed by atoms with Gasteiger partial charge in [0.15, 0.2) is 11.5 Å². The number of anilines is 1. The molecule has 3 aromatic rings. The molecule has 2 aliphatic rings. The second kappa shape index (κ2) is 8.72. The van der Waals surface area contributed by atoms with Gasteiger partial charge in [-0.2, -0.15) is 4.37 Å². The highest BCUT2D eigenvalue weighted by Gasteiger charge is 2.32. The molecule has 1 saturated heterocycles. The van der Waals surface area contributed by atoms with Gasteiger partial charge in [-0.3, -0.25) is 4.79 Å². The van der Waals surface area contributed by atoms with E-state index >= 15 is 0 Å². The summed E-state index contributed by atoms with van der Waals surface area (Å²) in [5.41, 5.74) is 2.08. The van der Waals surface area contributed by atoms with Gasteiger partial charge in [0.05, 0.1) is 0 Å². The van der Waals surface area contributed by atoms with E-state index in [0.717, 1.165) is 53.0 Å². The van der Waals surface area contributed by atoms with E-state index in [1.54, 1.807) is 0 Å². The zero-order chi connectivity index (χ0) is 21.2. The summed E-state index contributed by atoms with van der Waals surface area (Å²) >= 11 is 7.30. The fourth-order valence-electron chi connectivity index (χ4n) is 3.84. The monoisotopic (exact) mass is 456 g/mol. The van der Waals surface area contributed by atoms with Gasteiger partial charge < -0.3 is 19.7 Å². The van der Waals surface area contributed by atoms with Crippen molar-refractivity contribution < 1.29 is 14.3 Å². The van der Waals surface area contributed by atoms with Crippen molar-refractivity contribution in [3.8, 4) is 11.5 Å². The van der Waals surface area contributed by atoms with Gasteiger partial charge in [-0.1, -0.05) is 29.8 Å². The summed E-state index contributed by atoms with van der Waals surface area (Å²) in [6.45, 7) is 1.49. The molecular formula is C22H21ClN4O3S. The maximum absolute atomic E-state index is 12.9. The zero-order valence-electron chi connectivity index (χ0n) is 16.7. The Labute approximate surface area is 189 Å². The molecule has 1 amide bonds. The molecule has 0 spiro atoms. The Balaban J connectivity index is 1.21. The van der Waals surface area contributed by atoms with E-state index in [1.807, 2.05) is 42.5 Å². The molecule has 1 N–H and O–H groups in total. The van der Waals surface area contributed by atoms with Gasteiger partial charge >= 0.3 is 0 Å². The molecule has 31 heavy (non-hydrogen) atoms. The first-order valence-corrected chi connectivity index (χ1v) is 11.3. The topological polar surface area (TPSA) is 76.6 Å². The standard InChI is InChI=1S/C22H21ClN4O3S/c23-16-6-3-14(4-7-16)11-20-25-22(31-26-20)27-9-1-2-17(27)21(28)24-12-15-5-8-18-19(10-15)30-13-29-18/h3-8,10,17H,1-2,9,11-13H2,(H,24,28). The van der Waals surface area contributed by atoms with Gasteiger partial charge in [0, 0.05) is 36.1 Å². The lowest BCUT2D eigenvalue weighted by Gasteiger charge is -2.22. The Morgan fingerprint density at radius 3 is 2.84 bits per heavy atom. The second-order valence-electron chi connectivity index (χ2n) is 7.55. The number of nitrogens with zero attached hydrogens (tertiary/aromatic N) is 3. The van der Waals surface area contributed by atoms with Crippen molar-refractivity contribution in [1.82, 2.24) is 14.7 Å². The minimum absolute atomic E-state index is 0.00428. The third-order valence-electron chi connectivity index (χ3n) is 5.44. The Bertz CT molecular complexity index is 1090. The van der Waals surface area contributed by atoms with Gasteiger partial charge in [-0.25, -0.2) is 4.98 Å². The van der Waals surface area contributed by atoms with Crippen molar-refractivity contribution in [2.75, 3.05) is 18.2 Å². The fourth-order valence-corrected chi connectivity index (χ4v) is 4.73. The number of benzene rings is 2. The van der Waals surface area contributed by atoms with Gasteiger partial charge in [-0.15, -0.1) is 0 Å². The Morgan fingerprint density at radius 2 is 1.97 bits per heavy atom. The minimum Gasteiger partial charge on any atom is -0.454 e. The molecule has 3 heterocycles. The largest absolute Gasteiger partial charge is 0.454 e. The summed E-state index contributed by atoms with van der Waals surface area (Å²) in [6, 6.07) is 13.2. The molecule has 2 aliphatic heterocycles. The predicted molar refractivity (Wildman–Crippen MR) is 119 cm³/mol. The highest BCUT2D eigenvalue weighted by molar-refractivity contribution is 7.09. The number of fused-ring (bicyclic) bond motifs is 1. The number of amides is 1. The molecular weight excluding hydrogens is 436 g/mol. The number of halogens is 1. The quantitative estimate of drug-likeness (QED) is 0.608. The molecule has 5 rings (SSSR count). The number of carbonyl (C=O) groups is 1. The number of nitrogens with one attached hydrogen (secondary N) is 1. The average Bonchev–Trinajstić information content (AvgIpc) is 3.53.